The van der Waals surface area contributed by atoms with Gasteiger partial charge in [0.1, 0.15) is 17.3 Å². The maximum absolute atomic E-state index is 13.5. The number of pyridine rings is 3. The van der Waals surface area contributed by atoms with Gasteiger partial charge in [-0.2, -0.15) is 0 Å². The van der Waals surface area contributed by atoms with Crippen LogP contribution in [0.5, 0.6) is 5.75 Å². The van der Waals surface area contributed by atoms with Crippen molar-refractivity contribution >= 4 is 17.7 Å². The number of carbonyl (C=O) groups excluding carboxylic acids is 1. The highest BCUT2D eigenvalue weighted by molar-refractivity contribution is 8.00. The van der Waals surface area contributed by atoms with Gasteiger partial charge < -0.3 is 10.1 Å². The second-order valence-electron chi connectivity index (χ2n) is 8.79. The van der Waals surface area contributed by atoms with Crippen LogP contribution < -0.4 is 26.9 Å². The summed E-state index contributed by atoms with van der Waals surface area (Å²) < 4.78 is 33.8. The van der Waals surface area contributed by atoms with Crippen molar-refractivity contribution in [1.82, 2.24) is 25.3 Å². The van der Waals surface area contributed by atoms with Crippen molar-refractivity contribution in [3.63, 3.8) is 0 Å². The van der Waals surface area contributed by atoms with Crippen molar-refractivity contribution in [2.24, 2.45) is 11.8 Å². The summed E-state index contributed by atoms with van der Waals surface area (Å²) in [5.74, 6) is 6.06. The number of hydrogen-bond donors (Lipinski definition) is 3. The number of rotatable bonds is 10. The summed E-state index contributed by atoms with van der Waals surface area (Å²) in [6, 6.07) is 5.87. The van der Waals surface area contributed by atoms with Crippen LogP contribution in [-0.4, -0.2) is 38.3 Å². The maximum atomic E-state index is 13.5. The number of nitrogens with zero attached hydrogens (tertiary/aromatic N) is 3. The predicted molar refractivity (Wildman–Crippen MR) is 138 cm³/mol. The highest BCUT2D eigenvalue weighted by Gasteiger charge is 2.32. The van der Waals surface area contributed by atoms with E-state index in [9.17, 15) is 18.4 Å². The van der Waals surface area contributed by atoms with E-state index in [1.54, 1.807) is 19.2 Å². The Kier molecular flexibility index (Phi) is 8.20. The molecule has 3 aromatic heterocycles. The van der Waals surface area contributed by atoms with Gasteiger partial charge in [0, 0.05) is 29.6 Å². The smallest absolute Gasteiger partial charge is 0.280 e. The number of aryl methyl sites for hydroxylation is 1. The average Bonchev–Trinajstić information content (AvgIpc) is 3.72. The van der Waals surface area contributed by atoms with Crippen molar-refractivity contribution < 1.29 is 18.3 Å². The van der Waals surface area contributed by atoms with E-state index in [1.165, 1.54) is 54.0 Å². The fourth-order valence-electron chi connectivity index (χ4n) is 3.90. The molecule has 196 valence electrons. The van der Waals surface area contributed by atoms with E-state index in [0.717, 1.165) is 18.4 Å². The van der Waals surface area contributed by atoms with Crippen molar-refractivity contribution in [2.75, 3.05) is 7.11 Å². The maximum Gasteiger partial charge on any atom is 0.280 e. The Morgan fingerprint density at radius 2 is 1.97 bits per heavy atom. The Labute approximate surface area is 216 Å². The van der Waals surface area contributed by atoms with Gasteiger partial charge in [0.25, 0.3) is 17.9 Å². The molecule has 3 heterocycles. The molecule has 3 aromatic rings. The number of methoxy groups -OCH3 is 1. The third-order valence-corrected chi connectivity index (χ3v) is 7.32. The van der Waals surface area contributed by atoms with Crippen molar-refractivity contribution in [3.8, 4) is 22.7 Å². The first-order valence-electron chi connectivity index (χ1n) is 11.7. The summed E-state index contributed by atoms with van der Waals surface area (Å²) in [6.07, 6.45) is 3.39. The molecule has 1 fully saturated rings. The summed E-state index contributed by atoms with van der Waals surface area (Å²) in [5.41, 5.74) is 3.38. The number of carbonyl (C=O) groups is 1. The normalized spacial score (nSPS) is 14.9. The molecule has 0 aromatic carbocycles. The van der Waals surface area contributed by atoms with Gasteiger partial charge >= 0.3 is 0 Å². The number of nitrogens with one attached hydrogen (secondary N) is 2. The molecule has 1 aliphatic carbocycles. The van der Waals surface area contributed by atoms with Gasteiger partial charge in [0.05, 0.1) is 29.6 Å². The van der Waals surface area contributed by atoms with Crippen molar-refractivity contribution in [3.05, 3.63) is 70.0 Å². The van der Waals surface area contributed by atoms with Crippen LogP contribution in [-0.2, 0) is 0 Å². The van der Waals surface area contributed by atoms with Crippen LogP contribution in [0.1, 0.15) is 47.8 Å². The molecule has 1 saturated carbocycles. The molecule has 4 N–H and O–H groups in total. The number of halogens is 2. The van der Waals surface area contributed by atoms with E-state index in [1.807, 2.05) is 6.92 Å². The quantitative estimate of drug-likeness (QED) is 0.207. The first kappa shape index (κ1) is 26.7. The highest BCUT2D eigenvalue weighted by atomic mass is 32.2. The summed E-state index contributed by atoms with van der Waals surface area (Å²) in [5, 5.41) is 2.61. The van der Waals surface area contributed by atoms with E-state index in [4.69, 9.17) is 10.6 Å². The molecule has 12 heteroatoms. The van der Waals surface area contributed by atoms with Gasteiger partial charge in [0.2, 0.25) is 0 Å². The minimum atomic E-state index is -2.83. The fourth-order valence-corrected chi connectivity index (χ4v) is 5.09. The van der Waals surface area contributed by atoms with Crippen LogP contribution in [0.15, 0.2) is 47.7 Å². The topological polar surface area (TPSA) is 124 Å². The molecule has 2 unspecified atom stereocenters. The van der Waals surface area contributed by atoms with Crippen LogP contribution in [0.25, 0.3) is 16.9 Å². The van der Waals surface area contributed by atoms with Gasteiger partial charge in [-0.05, 0) is 56.4 Å². The van der Waals surface area contributed by atoms with Gasteiger partial charge in [0.15, 0.2) is 0 Å². The molecule has 2 atom stereocenters. The first-order chi connectivity index (χ1) is 17.7. The lowest BCUT2D eigenvalue weighted by Gasteiger charge is -2.21. The number of hydrazine groups is 1. The standard InChI is InChI=1S/C25H28F2N6O3S/c1-13-6-7-33(22(34)8-13)21-10-16(17-9-19(23(26)27)29-12-20(17)36-3)18(11-30-21)24(35)31-14(2)37-25(32-28)15-4-5-15/h6-12,14-15,23,25,32H,4-5,28H2,1-3H3,(H,31,35). The lowest BCUT2D eigenvalue weighted by molar-refractivity contribution is 0.0952. The van der Waals surface area contributed by atoms with E-state index < -0.39 is 18.0 Å². The number of alkyl halides is 2. The molecular weight excluding hydrogens is 502 g/mol. The lowest BCUT2D eigenvalue weighted by Crippen LogP contribution is -2.39. The molecule has 9 nitrogen and oxygen atoms in total. The van der Waals surface area contributed by atoms with Gasteiger partial charge in [-0.15, -0.1) is 11.8 Å². The minimum absolute atomic E-state index is 0.00224. The van der Waals surface area contributed by atoms with Gasteiger partial charge in [-0.1, -0.05) is 0 Å². The Hall–Kier alpha value is -3.35. The van der Waals surface area contributed by atoms with Crippen molar-refractivity contribution in [1.29, 1.82) is 0 Å². The number of aromatic nitrogens is 3. The Morgan fingerprint density at radius 1 is 1.22 bits per heavy atom. The fraction of sp³-hybridized carbons (Fsp3) is 0.360. The summed E-state index contributed by atoms with van der Waals surface area (Å²) in [6.45, 7) is 3.63. The first-order valence-corrected chi connectivity index (χ1v) is 12.6. The second kappa shape index (κ2) is 11.4. The molecule has 0 radical (unpaired) electrons. The molecule has 1 amide bonds. The predicted octanol–water partition coefficient (Wildman–Crippen LogP) is 3.56. The van der Waals surface area contributed by atoms with Crippen molar-refractivity contribution in [2.45, 2.75) is 43.9 Å². The molecule has 0 bridgehead atoms. The van der Waals surface area contributed by atoms with Crippen LogP contribution >= 0.6 is 11.8 Å². The van der Waals surface area contributed by atoms with Crippen LogP contribution in [0.4, 0.5) is 8.78 Å². The molecule has 0 aliphatic heterocycles. The number of nitrogens with two attached hydrogens (primary N) is 1. The molecule has 0 saturated heterocycles. The highest BCUT2D eigenvalue weighted by Crippen LogP contribution is 2.39. The third-order valence-electron chi connectivity index (χ3n) is 5.98. The summed E-state index contributed by atoms with van der Waals surface area (Å²) in [4.78, 5) is 34.1. The average molecular weight is 531 g/mol. The number of thioether (sulfide) groups is 1. The van der Waals surface area contributed by atoms with Crippen LogP contribution in [0, 0.1) is 12.8 Å². The Morgan fingerprint density at radius 3 is 2.59 bits per heavy atom. The SMILES string of the molecule is COc1cnc(C(F)F)cc1-c1cc(-n2ccc(C)cc2=O)ncc1C(=O)NC(C)SC(NN)C1CC1. The molecule has 1 aliphatic rings. The van der Waals surface area contributed by atoms with E-state index in [-0.39, 0.29) is 44.6 Å². The number of ether oxygens (including phenoxy) is 1. The van der Waals surface area contributed by atoms with Gasteiger partial charge in [-0.25, -0.2) is 19.2 Å². The largest absolute Gasteiger partial charge is 0.494 e. The van der Waals surface area contributed by atoms with Crippen LogP contribution in [0.2, 0.25) is 0 Å². The monoisotopic (exact) mass is 530 g/mol. The summed E-state index contributed by atoms with van der Waals surface area (Å²) in [7, 11) is 1.38. The van der Waals surface area contributed by atoms with E-state index >= 15 is 0 Å². The van der Waals surface area contributed by atoms with E-state index in [0.29, 0.717) is 5.92 Å². The minimum Gasteiger partial charge on any atom is -0.494 e. The molecule has 37 heavy (non-hydrogen) atoms. The molecular formula is C25H28F2N6O3S. The Balaban J connectivity index is 1.77. The summed E-state index contributed by atoms with van der Waals surface area (Å²) >= 11 is 1.49. The molecule has 4 rings (SSSR count). The number of hydrogen-bond acceptors (Lipinski definition) is 8. The lowest BCUT2D eigenvalue weighted by atomic mass is 10.00. The zero-order valence-corrected chi connectivity index (χ0v) is 21.4. The third kappa shape index (κ3) is 6.14. The van der Waals surface area contributed by atoms with E-state index in [2.05, 4.69) is 20.7 Å². The van der Waals surface area contributed by atoms with Gasteiger partial charge in [-0.3, -0.25) is 25.0 Å². The second-order valence-corrected chi connectivity index (χ2v) is 10.3. The number of amides is 1. The molecule has 0 spiro atoms. The zero-order valence-electron chi connectivity index (χ0n) is 20.6. The van der Waals surface area contributed by atoms with Crippen LogP contribution in [0.3, 0.4) is 0 Å². The Bertz CT molecular complexity index is 1350. The zero-order chi connectivity index (χ0) is 26.7.